The number of carbonyl (C=O) groups excluding carboxylic acids is 1. The van der Waals surface area contributed by atoms with Crippen molar-refractivity contribution in [2.24, 2.45) is 11.8 Å². The average Bonchev–Trinajstić information content (AvgIpc) is 3.24. The first kappa shape index (κ1) is 24.8. The van der Waals surface area contributed by atoms with Crippen LogP contribution in [0.3, 0.4) is 0 Å². The molecular weight excluding hydrogens is 437 g/mol. The second-order valence-corrected chi connectivity index (χ2v) is 11.0. The highest BCUT2D eigenvalue weighted by Crippen LogP contribution is 2.36. The number of carbonyl (C=O) groups is 1. The van der Waals surface area contributed by atoms with Crippen molar-refractivity contribution < 1.29 is 13.9 Å². The van der Waals surface area contributed by atoms with E-state index >= 15 is 0 Å². The molecule has 3 saturated heterocycles. The summed E-state index contributed by atoms with van der Waals surface area (Å²) in [5, 5.41) is 13.9. The molecule has 1 amide bonds. The molecule has 8 unspecified atom stereocenters. The molecule has 194 valence electrons. The lowest BCUT2D eigenvalue weighted by molar-refractivity contribution is -0.131. The SMILES string of the molecule is CN1C(CNC2CCCC(C(=O)N[C@@H]3CCOC4CCC(F)CC43)C2)NNC1C1CCNCN1. The van der Waals surface area contributed by atoms with E-state index in [0.29, 0.717) is 31.5 Å². The number of hydrazine groups is 1. The number of fused-ring (bicyclic) bond motifs is 1. The van der Waals surface area contributed by atoms with Gasteiger partial charge in [-0.25, -0.2) is 15.2 Å². The lowest BCUT2D eigenvalue weighted by Gasteiger charge is -2.43. The molecular formula is C24H44FN7O2. The first-order chi connectivity index (χ1) is 16.6. The van der Waals surface area contributed by atoms with E-state index < -0.39 is 6.17 Å². The van der Waals surface area contributed by atoms with E-state index in [2.05, 4.69) is 44.1 Å². The van der Waals surface area contributed by atoms with Crippen LogP contribution in [0.25, 0.3) is 0 Å². The van der Waals surface area contributed by atoms with Crippen molar-refractivity contribution in [1.82, 2.24) is 37.0 Å². The summed E-state index contributed by atoms with van der Waals surface area (Å²) in [6, 6.07) is 0.831. The molecule has 34 heavy (non-hydrogen) atoms. The number of hydrogen-bond donors (Lipinski definition) is 6. The number of alkyl halides is 1. The Morgan fingerprint density at radius 3 is 2.88 bits per heavy atom. The molecule has 9 nitrogen and oxygen atoms in total. The largest absolute Gasteiger partial charge is 0.378 e. The number of halogens is 1. The Hall–Kier alpha value is -0.880. The molecule has 10 heteroatoms. The fourth-order valence-electron chi connectivity index (χ4n) is 6.77. The van der Waals surface area contributed by atoms with E-state index in [-0.39, 0.29) is 42.2 Å². The summed E-state index contributed by atoms with van der Waals surface area (Å²) in [5.41, 5.74) is 6.90. The van der Waals surface area contributed by atoms with Crippen LogP contribution in [0, 0.1) is 11.8 Å². The zero-order valence-corrected chi connectivity index (χ0v) is 20.5. The molecule has 3 heterocycles. The molecule has 0 radical (unpaired) electrons. The van der Waals surface area contributed by atoms with Crippen LogP contribution in [-0.4, -0.2) is 87.0 Å². The minimum atomic E-state index is -0.757. The molecule has 0 aromatic rings. The van der Waals surface area contributed by atoms with Crippen molar-refractivity contribution in [3.8, 4) is 0 Å². The average molecular weight is 482 g/mol. The highest BCUT2D eigenvalue weighted by atomic mass is 19.1. The molecule has 0 aromatic heterocycles. The Labute approximate surface area is 203 Å². The monoisotopic (exact) mass is 481 g/mol. The van der Waals surface area contributed by atoms with Gasteiger partial charge in [0, 0.05) is 49.8 Å². The third-order valence-corrected chi connectivity index (χ3v) is 8.85. The molecule has 2 saturated carbocycles. The topological polar surface area (TPSA) is 102 Å². The van der Waals surface area contributed by atoms with Gasteiger partial charge in [-0.2, -0.15) is 0 Å². The first-order valence-corrected chi connectivity index (χ1v) is 13.5. The Balaban J connectivity index is 1.08. The number of likely N-dealkylation sites (N-methyl/N-ethyl adjacent to an activating group) is 1. The molecule has 0 aromatic carbocycles. The summed E-state index contributed by atoms with van der Waals surface area (Å²) in [7, 11) is 2.17. The van der Waals surface area contributed by atoms with E-state index in [1.807, 2.05) is 0 Å². The summed E-state index contributed by atoms with van der Waals surface area (Å²) in [6.45, 7) is 3.41. The molecule has 3 aliphatic heterocycles. The summed E-state index contributed by atoms with van der Waals surface area (Å²) >= 11 is 0. The van der Waals surface area contributed by atoms with E-state index in [9.17, 15) is 9.18 Å². The molecule has 5 fully saturated rings. The van der Waals surface area contributed by atoms with Gasteiger partial charge in [0.05, 0.1) is 18.4 Å². The van der Waals surface area contributed by atoms with Crippen LogP contribution in [0.15, 0.2) is 0 Å². The van der Waals surface area contributed by atoms with Gasteiger partial charge < -0.3 is 20.7 Å². The number of ether oxygens (including phenoxy) is 1. The second-order valence-electron chi connectivity index (χ2n) is 11.0. The quantitative estimate of drug-likeness (QED) is 0.319. The number of hydrogen-bond acceptors (Lipinski definition) is 8. The van der Waals surface area contributed by atoms with Gasteiger partial charge in [-0.15, -0.1) is 0 Å². The summed E-state index contributed by atoms with van der Waals surface area (Å²) in [5.74, 6) is 0.321. The predicted molar refractivity (Wildman–Crippen MR) is 128 cm³/mol. The Kier molecular flexibility index (Phi) is 8.35. The third kappa shape index (κ3) is 5.74. The van der Waals surface area contributed by atoms with Gasteiger partial charge in [0.2, 0.25) is 5.91 Å². The van der Waals surface area contributed by atoms with E-state index in [4.69, 9.17) is 4.74 Å². The number of rotatable bonds is 6. The number of amides is 1. The molecule has 5 aliphatic rings. The summed E-state index contributed by atoms with van der Waals surface area (Å²) in [4.78, 5) is 15.6. The summed E-state index contributed by atoms with van der Waals surface area (Å²) < 4.78 is 19.9. The molecule has 2 aliphatic carbocycles. The predicted octanol–water partition coefficient (Wildman–Crippen LogP) is 0.148. The lowest BCUT2D eigenvalue weighted by Crippen LogP contribution is -2.58. The van der Waals surface area contributed by atoms with Gasteiger partial charge >= 0.3 is 0 Å². The maximum absolute atomic E-state index is 14.0. The van der Waals surface area contributed by atoms with Crippen LogP contribution in [-0.2, 0) is 9.53 Å². The van der Waals surface area contributed by atoms with E-state index in [1.54, 1.807) is 0 Å². The van der Waals surface area contributed by atoms with Crippen LogP contribution < -0.4 is 32.1 Å². The van der Waals surface area contributed by atoms with Gasteiger partial charge in [0.15, 0.2) is 0 Å². The van der Waals surface area contributed by atoms with Gasteiger partial charge in [0.25, 0.3) is 0 Å². The van der Waals surface area contributed by atoms with Gasteiger partial charge in [0.1, 0.15) is 6.17 Å². The maximum Gasteiger partial charge on any atom is 0.223 e. The van der Waals surface area contributed by atoms with Crippen LogP contribution in [0.5, 0.6) is 0 Å². The Bertz CT molecular complexity index is 682. The second kappa shape index (κ2) is 11.5. The van der Waals surface area contributed by atoms with Crippen LogP contribution >= 0.6 is 0 Å². The summed E-state index contributed by atoms with van der Waals surface area (Å²) in [6.07, 6.45) is 7.63. The molecule has 9 atom stereocenters. The lowest BCUT2D eigenvalue weighted by atomic mass is 9.77. The maximum atomic E-state index is 14.0. The normalized spacial score (nSPS) is 43.9. The fraction of sp³-hybridized carbons (Fsp3) is 0.958. The standard InChI is InChI=1S/C24H44FN7O2/c1-32-22(30-31-23(32)20-7-9-26-14-28-20)13-27-17-4-2-3-15(11-17)24(33)29-19-8-10-34-21-6-5-16(25)12-18(19)21/h15-23,26-28,30-31H,2-14H2,1H3,(H,29,33)/t15?,16?,17?,18?,19-,20?,21?,22?,23?/m1/s1. The molecule has 5 rings (SSSR count). The fourth-order valence-corrected chi connectivity index (χ4v) is 6.77. The smallest absolute Gasteiger partial charge is 0.223 e. The van der Waals surface area contributed by atoms with Crippen molar-refractivity contribution in [2.75, 3.05) is 33.4 Å². The zero-order chi connectivity index (χ0) is 23.5. The first-order valence-electron chi connectivity index (χ1n) is 13.5. The minimum absolute atomic E-state index is 0.0383. The van der Waals surface area contributed by atoms with Gasteiger partial charge in [-0.1, -0.05) is 6.42 Å². The highest BCUT2D eigenvalue weighted by Gasteiger charge is 2.41. The van der Waals surface area contributed by atoms with E-state index in [1.165, 1.54) is 0 Å². The van der Waals surface area contributed by atoms with E-state index in [0.717, 1.165) is 64.7 Å². The van der Waals surface area contributed by atoms with Crippen molar-refractivity contribution >= 4 is 5.91 Å². The van der Waals surface area contributed by atoms with Crippen molar-refractivity contribution in [3.05, 3.63) is 0 Å². The number of nitrogens with one attached hydrogen (secondary N) is 6. The molecule has 0 spiro atoms. The van der Waals surface area contributed by atoms with Crippen molar-refractivity contribution in [2.45, 2.75) is 101 Å². The van der Waals surface area contributed by atoms with Gasteiger partial charge in [-0.05, 0) is 65.0 Å². The Morgan fingerprint density at radius 1 is 1.12 bits per heavy atom. The van der Waals surface area contributed by atoms with Crippen molar-refractivity contribution in [1.29, 1.82) is 0 Å². The van der Waals surface area contributed by atoms with Crippen molar-refractivity contribution in [3.63, 3.8) is 0 Å². The van der Waals surface area contributed by atoms with Crippen LogP contribution in [0.4, 0.5) is 4.39 Å². The minimum Gasteiger partial charge on any atom is -0.378 e. The third-order valence-electron chi connectivity index (χ3n) is 8.85. The van der Waals surface area contributed by atoms with Crippen LogP contribution in [0.2, 0.25) is 0 Å². The number of nitrogens with zero attached hydrogens (tertiary/aromatic N) is 1. The molecule has 6 N–H and O–H groups in total. The molecule has 0 bridgehead atoms. The van der Waals surface area contributed by atoms with Crippen LogP contribution in [0.1, 0.15) is 57.8 Å². The van der Waals surface area contributed by atoms with Gasteiger partial charge in [-0.3, -0.25) is 15.0 Å². The highest BCUT2D eigenvalue weighted by molar-refractivity contribution is 5.79. The Morgan fingerprint density at radius 2 is 2.03 bits per heavy atom. The zero-order valence-electron chi connectivity index (χ0n) is 20.5.